The van der Waals surface area contributed by atoms with Crippen LogP contribution in [0, 0.1) is 0 Å². The van der Waals surface area contributed by atoms with Crippen molar-refractivity contribution in [3.63, 3.8) is 0 Å². The van der Waals surface area contributed by atoms with Crippen molar-refractivity contribution in [1.29, 1.82) is 0 Å². The van der Waals surface area contributed by atoms with Gasteiger partial charge in [0.15, 0.2) is 0 Å². The van der Waals surface area contributed by atoms with E-state index in [2.05, 4.69) is 10.3 Å². The van der Waals surface area contributed by atoms with E-state index < -0.39 is 0 Å². The van der Waals surface area contributed by atoms with E-state index in [-0.39, 0.29) is 12.1 Å². The fourth-order valence-corrected chi connectivity index (χ4v) is 2.49. The number of carbonyl (C=O) groups excluding carboxylic acids is 1. The van der Waals surface area contributed by atoms with Crippen LogP contribution in [0.3, 0.4) is 0 Å². The van der Waals surface area contributed by atoms with E-state index in [1.54, 1.807) is 12.4 Å². The van der Waals surface area contributed by atoms with Gasteiger partial charge in [-0.05, 0) is 31.5 Å². The van der Waals surface area contributed by atoms with Gasteiger partial charge in [-0.15, -0.1) is 0 Å². The topological polar surface area (TPSA) is 48.5 Å². The number of hydrogen-bond donors (Lipinski definition) is 1. The molecule has 5 heteroatoms. The largest absolute Gasteiger partial charge is 0.325 e. The zero-order valence-electron chi connectivity index (χ0n) is 11.7. The molecule has 0 saturated carbocycles. The normalized spacial score (nSPS) is 19.3. The third-order valence-corrected chi connectivity index (χ3v) is 3.61. The Hall–Kier alpha value is -1.62. The lowest BCUT2D eigenvalue weighted by atomic mass is 10.1. The second kappa shape index (κ2) is 6.52. The van der Waals surface area contributed by atoms with Gasteiger partial charge in [-0.3, -0.25) is 4.98 Å². The first kappa shape index (κ1) is 13.8. The molecule has 1 N–H and O–H groups in total. The van der Waals surface area contributed by atoms with Gasteiger partial charge in [0.1, 0.15) is 0 Å². The van der Waals surface area contributed by atoms with Crippen molar-refractivity contribution in [1.82, 2.24) is 20.1 Å². The van der Waals surface area contributed by atoms with Crippen molar-refractivity contribution >= 4 is 6.03 Å². The summed E-state index contributed by atoms with van der Waals surface area (Å²) < 4.78 is 0. The molecule has 1 saturated heterocycles. The molecule has 0 unspecified atom stereocenters. The van der Waals surface area contributed by atoms with Crippen LogP contribution >= 0.6 is 0 Å². The molecule has 2 amide bonds. The van der Waals surface area contributed by atoms with E-state index in [1.165, 1.54) is 0 Å². The van der Waals surface area contributed by atoms with E-state index >= 15 is 0 Å². The Morgan fingerprint density at radius 3 is 2.74 bits per heavy atom. The van der Waals surface area contributed by atoms with Gasteiger partial charge in [0.05, 0.1) is 6.04 Å². The molecule has 1 aromatic rings. The maximum absolute atomic E-state index is 12.6. The van der Waals surface area contributed by atoms with Crippen molar-refractivity contribution in [3.05, 3.63) is 30.1 Å². The summed E-state index contributed by atoms with van der Waals surface area (Å²) >= 11 is 0. The van der Waals surface area contributed by atoms with Crippen LogP contribution in [0.15, 0.2) is 24.5 Å². The number of urea groups is 1. The van der Waals surface area contributed by atoms with E-state index in [4.69, 9.17) is 0 Å². The Morgan fingerprint density at radius 2 is 2.11 bits per heavy atom. The van der Waals surface area contributed by atoms with Crippen LogP contribution in [-0.2, 0) is 0 Å². The van der Waals surface area contributed by atoms with Crippen LogP contribution < -0.4 is 5.32 Å². The number of rotatable bonds is 3. The molecule has 104 valence electrons. The third-order valence-electron chi connectivity index (χ3n) is 3.61. The quantitative estimate of drug-likeness (QED) is 0.898. The fourth-order valence-electron chi connectivity index (χ4n) is 2.49. The lowest BCUT2D eigenvalue weighted by Crippen LogP contribution is -2.53. The van der Waals surface area contributed by atoms with Gasteiger partial charge >= 0.3 is 6.03 Å². The summed E-state index contributed by atoms with van der Waals surface area (Å²) in [5.41, 5.74) is 1.14. The Labute approximate surface area is 114 Å². The first-order valence-corrected chi connectivity index (χ1v) is 6.94. The van der Waals surface area contributed by atoms with Gasteiger partial charge in [-0.2, -0.15) is 0 Å². The minimum absolute atomic E-state index is 0.102. The fraction of sp³-hybridized carbons (Fsp3) is 0.571. The molecule has 2 rings (SSSR count). The van der Waals surface area contributed by atoms with Crippen LogP contribution in [0.1, 0.15) is 25.5 Å². The summed E-state index contributed by atoms with van der Waals surface area (Å²) in [6, 6.07) is 4.21. The van der Waals surface area contributed by atoms with Gasteiger partial charge in [0.25, 0.3) is 0 Å². The smallest absolute Gasteiger partial charge is 0.320 e. The number of piperazine rings is 1. The highest BCUT2D eigenvalue weighted by Gasteiger charge is 2.29. The summed E-state index contributed by atoms with van der Waals surface area (Å²) in [4.78, 5) is 20.4. The summed E-state index contributed by atoms with van der Waals surface area (Å²) in [5, 5.41) is 3.36. The van der Waals surface area contributed by atoms with E-state index in [0.29, 0.717) is 0 Å². The van der Waals surface area contributed by atoms with Crippen LogP contribution in [-0.4, -0.2) is 53.5 Å². The van der Waals surface area contributed by atoms with Crippen molar-refractivity contribution < 1.29 is 4.79 Å². The molecule has 1 fully saturated rings. The highest BCUT2D eigenvalue weighted by atomic mass is 16.2. The van der Waals surface area contributed by atoms with E-state index in [9.17, 15) is 4.79 Å². The molecule has 1 aliphatic heterocycles. The molecule has 1 aliphatic rings. The molecule has 19 heavy (non-hydrogen) atoms. The second-order valence-electron chi connectivity index (χ2n) is 4.65. The first-order valence-electron chi connectivity index (χ1n) is 6.94. The van der Waals surface area contributed by atoms with E-state index in [0.717, 1.165) is 38.3 Å². The molecule has 0 aromatic carbocycles. The molecule has 0 aliphatic carbocycles. The number of amides is 2. The summed E-state index contributed by atoms with van der Waals surface area (Å²) in [5.74, 6) is 0. The zero-order chi connectivity index (χ0) is 13.7. The van der Waals surface area contributed by atoms with Crippen LogP contribution in [0.5, 0.6) is 0 Å². The van der Waals surface area contributed by atoms with Gasteiger partial charge in [0, 0.05) is 45.1 Å². The molecule has 0 spiro atoms. The monoisotopic (exact) mass is 262 g/mol. The van der Waals surface area contributed by atoms with Crippen LogP contribution in [0.2, 0.25) is 0 Å². The Kier molecular flexibility index (Phi) is 4.74. The summed E-state index contributed by atoms with van der Waals surface area (Å²) in [6.07, 6.45) is 3.56. The average molecular weight is 262 g/mol. The maximum Gasteiger partial charge on any atom is 0.320 e. The second-order valence-corrected chi connectivity index (χ2v) is 4.65. The molecular weight excluding hydrogens is 240 g/mol. The number of nitrogens with zero attached hydrogens (tertiary/aromatic N) is 3. The summed E-state index contributed by atoms with van der Waals surface area (Å²) in [7, 11) is 0. The number of hydrogen-bond acceptors (Lipinski definition) is 3. The Bertz CT molecular complexity index is 405. The molecule has 0 bridgehead atoms. The van der Waals surface area contributed by atoms with Crippen molar-refractivity contribution in [2.75, 3.05) is 32.7 Å². The van der Waals surface area contributed by atoms with Crippen LogP contribution in [0.4, 0.5) is 4.79 Å². The average Bonchev–Trinajstić information content (AvgIpc) is 2.49. The highest BCUT2D eigenvalue weighted by Crippen LogP contribution is 2.22. The Morgan fingerprint density at radius 1 is 1.42 bits per heavy atom. The molecule has 1 atom stereocenters. The third kappa shape index (κ3) is 3.04. The molecule has 5 nitrogen and oxygen atoms in total. The Balaban J connectivity index is 2.19. The predicted molar refractivity (Wildman–Crippen MR) is 74.9 cm³/mol. The molecular formula is C14H22N4O. The SMILES string of the molecule is CCN(CC)C(=O)N1CCNC[C@H]1c1ccncc1. The standard InChI is InChI=1S/C14H22N4O/c1-3-17(4-2)14(19)18-10-9-16-11-13(18)12-5-7-15-8-6-12/h5-8,13,16H,3-4,9-11H2,1-2H3/t13-/m0/s1. The minimum atomic E-state index is 0.102. The predicted octanol–water partition coefficient (Wildman–Crippen LogP) is 1.49. The lowest BCUT2D eigenvalue weighted by Gasteiger charge is -2.39. The number of nitrogens with one attached hydrogen (secondary N) is 1. The molecule has 0 radical (unpaired) electrons. The molecule has 1 aromatic heterocycles. The van der Waals surface area contributed by atoms with Crippen molar-refractivity contribution in [2.45, 2.75) is 19.9 Å². The van der Waals surface area contributed by atoms with Gasteiger partial charge in [-0.25, -0.2) is 4.79 Å². The lowest BCUT2D eigenvalue weighted by molar-refractivity contribution is 0.124. The maximum atomic E-state index is 12.6. The van der Waals surface area contributed by atoms with Gasteiger partial charge in [0.2, 0.25) is 0 Å². The van der Waals surface area contributed by atoms with Gasteiger partial charge in [-0.1, -0.05) is 0 Å². The molecule has 2 heterocycles. The number of pyridine rings is 1. The zero-order valence-corrected chi connectivity index (χ0v) is 11.7. The number of aromatic nitrogens is 1. The van der Waals surface area contributed by atoms with Crippen molar-refractivity contribution in [2.24, 2.45) is 0 Å². The van der Waals surface area contributed by atoms with Gasteiger partial charge < -0.3 is 15.1 Å². The minimum Gasteiger partial charge on any atom is -0.325 e. The van der Waals surface area contributed by atoms with Crippen molar-refractivity contribution in [3.8, 4) is 0 Å². The number of carbonyl (C=O) groups is 1. The van der Waals surface area contributed by atoms with E-state index in [1.807, 2.05) is 35.8 Å². The first-order chi connectivity index (χ1) is 9.27. The summed E-state index contributed by atoms with van der Waals surface area (Å²) in [6.45, 7) is 7.95. The van der Waals surface area contributed by atoms with Crippen LogP contribution in [0.25, 0.3) is 0 Å². The highest BCUT2D eigenvalue weighted by molar-refractivity contribution is 5.75.